The first kappa shape index (κ1) is 20.5. The number of ether oxygens (including phenoxy) is 2. The molecule has 0 spiro atoms. The number of fused-ring (bicyclic) bond motifs is 1. The lowest BCUT2D eigenvalue weighted by atomic mass is 9.73. The number of benzene rings is 3. The van der Waals surface area contributed by atoms with Gasteiger partial charge in [0.1, 0.15) is 11.0 Å². The Morgan fingerprint density at radius 3 is 2.00 bits per heavy atom. The maximum absolute atomic E-state index is 13.6. The largest absolute Gasteiger partial charge is 0.468 e. The van der Waals surface area contributed by atoms with Crippen LogP contribution in [0.1, 0.15) is 23.1 Å². The van der Waals surface area contributed by atoms with Crippen LogP contribution < -0.4 is 0 Å². The molecule has 1 unspecified atom stereocenters. The summed E-state index contributed by atoms with van der Waals surface area (Å²) < 4.78 is 11.9. The van der Waals surface area contributed by atoms with Crippen molar-refractivity contribution < 1.29 is 19.1 Å². The highest BCUT2D eigenvalue weighted by molar-refractivity contribution is 5.95. The van der Waals surface area contributed by atoms with Crippen LogP contribution in [0.2, 0.25) is 0 Å². The van der Waals surface area contributed by atoms with Gasteiger partial charge in [-0.2, -0.15) is 0 Å². The normalized spacial score (nSPS) is 23.7. The van der Waals surface area contributed by atoms with Crippen LogP contribution in [0.25, 0.3) is 0 Å². The standard InChI is InChI=1S/C27H25NO4/c1-31-25(30)26-18-27(21-13-7-3-8-14-21,22-15-9-4-10-16-22)32-23(26)24(29)28(19-26)17-20-11-5-2-6-12-20/h2-16,23H,17-19H2,1H3/t23?,26-/m1/s1. The molecule has 5 nitrogen and oxygen atoms in total. The molecule has 2 saturated heterocycles. The third-order valence-electron chi connectivity index (χ3n) is 6.68. The van der Waals surface area contributed by atoms with E-state index in [0.29, 0.717) is 13.0 Å². The summed E-state index contributed by atoms with van der Waals surface area (Å²) in [5.74, 6) is -0.576. The van der Waals surface area contributed by atoms with Crippen LogP contribution in [0.15, 0.2) is 91.0 Å². The number of hydrogen-bond donors (Lipinski definition) is 0. The molecule has 1 amide bonds. The van der Waals surface area contributed by atoms with Crippen LogP contribution >= 0.6 is 0 Å². The Kier molecular flexibility index (Phi) is 5.06. The molecule has 0 aromatic heterocycles. The zero-order valence-corrected chi connectivity index (χ0v) is 17.9. The summed E-state index contributed by atoms with van der Waals surface area (Å²) in [5, 5.41) is 0. The summed E-state index contributed by atoms with van der Waals surface area (Å²) in [5.41, 5.74) is 0.873. The van der Waals surface area contributed by atoms with E-state index < -0.39 is 23.1 Å². The first-order valence-electron chi connectivity index (χ1n) is 10.8. The quantitative estimate of drug-likeness (QED) is 0.579. The Balaban J connectivity index is 1.58. The molecule has 32 heavy (non-hydrogen) atoms. The highest BCUT2D eigenvalue weighted by atomic mass is 16.5. The molecule has 0 bridgehead atoms. The molecular weight excluding hydrogens is 402 g/mol. The number of likely N-dealkylation sites (tertiary alicyclic amines) is 1. The van der Waals surface area contributed by atoms with Crippen molar-refractivity contribution in [2.24, 2.45) is 5.41 Å². The van der Waals surface area contributed by atoms with Gasteiger partial charge in [0.15, 0.2) is 6.10 Å². The molecule has 0 radical (unpaired) electrons. The maximum Gasteiger partial charge on any atom is 0.316 e. The van der Waals surface area contributed by atoms with E-state index in [1.165, 1.54) is 7.11 Å². The molecular formula is C27H25NO4. The van der Waals surface area contributed by atoms with Crippen molar-refractivity contribution in [2.45, 2.75) is 24.7 Å². The van der Waals surface area contributed by atoms with Gasteiger partial charge in [-0.15, -0.1) is 0 Å². The second-order valence-corrected chi connectivity index (χ2v) is 8.56. The van der Waals surface area contributed by atoms with Gasteiger partial charge in [0.05, 0.1) is 7.11 Å². The van der Waals surface area contributed by atoms with Gasteiger partial charge in [-0.05, 0) is 16.7 Å². The van der Waals surface area contributed by atoms with Crippen molar-refractivity contribution in [3.8, 4) is 0 Å². The minimum Gasteiger partial charge on any atom is -0.468 e. The summed E-state index contributed by atoms with van der Waals surface area (Å²) in [6.45, 7) is 0.696. The molecule has 5 heteroatoms. The zero-order chi connectivity index (χ0) is 22.2. The number of nitrogens with zero attached hydrogens (tertiary/aromatic N) is 1. The molecule has 2 atom stereocenters. The Bertz CT molecular complexity index is 1080. The van der Waals surface area contributed by atoms with Crippen molar-refractivity contribution in [3.05, 3.63) is 108 Å². The highest BCUT2D eigenvalue weighted by Gasteiger charge is 2.69. The summed E-state index contributed by atoms with van der Waals surface area (Å²) in [7, 11) is 1.38. The summed E-state index contributed by atoms with van der Waals surface area (Å²) in [6, 6.07) is 29.4. The maximum atomic E-state index is 13.6. The van der Waals surface area contributed by atoms with Crippen LogP contribution in [0, 0.1) is 5.41 Å². The van der Waals surface area contributed by atoms with Crippen LogP contribution in [0.4, 0.5) is 0 Å². The SMILES string of the molecule is COC(=O)[C@]12CN(Cc3ccccc3)C(=O)C1OC(c1ccccc1)(c1ccccc1)C2. The van der Waals surface area contributed by atoms with E-state index in [9.17, 15) is 9.59 Å². The predicted octanol–water partition coefficient (Wildman–Crippen LogP) is 3.92. The minimum absolute atomic E-state index is 0.173. The number of carbonyl (C=O) groups excluding carboxylic acids is 2. The molecule has 3 aromatic carbocycles. The molecule has 0 aliphatic carbocycles. The van der Waals surface area contributed by atoms with Crippen molar-refractivity contribution >= 4 is 11.9 Å². The first-order valence-corrected chi connectivity index (χ1v) is 10.8. The second kappa shape index (κ2) is 7.92. The fourth-order valence-corrected chi connectivity index (χ4v) is 5.21. The van der Waals surface area contributed by atoms with E-state index in [0.717, 1.165) is 16.7 Å². The van der Waals surface area contributed by atoms with Crippen LogP contribution in [0.3, 0.4) is 0 Å². The molecule has 2 aliphatic rings. The van der Waals surface area contributed by atoms with Crippen LogP contribution in [-0.2, 0) is 31.2 Å². The smallest absolute Gasteiger partial charge is 0.316 e. The van der Waals surface area contributed by atoms with Crippen molar-refractivity contribution in [3.63, 3.8) is 0 Å². The molecule has 2 heterocycles. The molecule has 2 fully saturated rings. The summed E-state index contributed by atoms with van der Waals surface area (Å²) in [6.07, 6.45) is -0.568. The number of methoxy groups -OCH3 is 1. The highest BCUT2D eigenvalue weighted by Crippen LogP contribution is 2.57. The van der Waals surface area contributed by atoms with E-state index in [4.69, 9.17) is 9.47 Å². The van der Waals surface area contributed by atoms with Gasteiger partial charge < -0.3 is 14.4 Å². The Labute approximate surface area is 187 Å². The monoisotopic (exact) mass is 427 g/mol. The number of hydrogen-bond acceptors (Lipinski definition) is 4. The van der Waals surface area contributed by atoms with Gasteiger partial charge in [0.2, 0.25) is 0 Å². The van der Waals surface area contributed by atoms with Crippen LogP contribution in [0.5, 0.6) is 0 Å². The van der Waals surface area contributed by atoms with Crippen molar-refractivity contribution in [1.82, 2.24) is 4.90 Å². The van der Waals surface area contributed by atoms with Crippen LogP contribution in [-0.4, -0.2) is 36.5 Å². The van der Waals surface area contributed by atoms with E-state index in [-0.39, 0.29) is 12.5 Å². The number of esters is 1. The lowest BCUT2D eigenvalue weighted by Gasteiger charge is -2.33. The van der Waals surface area contributed by atoms with Gasteiger partial charge in [-0.3, -0.25) is 9.59 Å². The number of carbonyl (C=O) groups is 2. The molecule has 5 rings (SSSR count). The van der Waals surface area contributed by atoms with E-state index in [1.54, 1.807) is 4.90 Å². The molecule has 0 N–H and O–H groups in total. The average molecular weight is 428 g/mol. The Morgan fingerprint density at radius 2 is 1.47 bits per heavy atom. The molecule has 162 valence electrons. The fraction of sp³-hybridized carbons (Fsp3) is 0.259. The topological polar surface area (TPSA) is 55.8 Å². The van der Waals surface area contributed by atoms with Gasteiger partial charge in [-0.1, -0.05) is 91.0 Å². The minimum atomic E-state index is -1.08. The first-order chi connectivity index (χ1) is 15.6. The molecule has 0 saturated carbocycles. The second-order valence-electron chi connectivity index (χ2n) is 8.56. The van der Waals surface area contributed by atoms with Gasteiger partial charge in [0.25, 0.3) is 5.91 Å². The predicted molar refractivity (Wildman–Crippen MR) is 119 cm³/mol. The van der Waals surface area contributed by atoms with Crippen molar-refractivity contribution in [1.29, 1.82) is 0 Å². The Morgan fingerprint density at radius 1 is 0.938 bits per heavy atom. The average Bonchev–Trinajstić information content (AvgIpc) is 3.33. The zero-order valence-electron chi connectivity index (χ0n) is 17.9. The van der Waals surface area contributed by atoms with Gasteiger partial charge in [0, 0.05) is 19.5 Å². The number of amides is 1. The van der Waals surface area contributed by atoms with E-state index in [1.807, 2.05) is 91.0 Å². The van der Waals surface area contributed by atoms with E-state index in [2.05, 4.69) is 0 Å². The summed E-state index contributed by atoms with van der Waals surface area (Å²) in [4.78, 5) is 28.5. The Hall–Kier alpha value is -3.44. The third-order valence-corrected chi connectivity index (χ3v) is 6.68. The number of rotatable bonds is 5. The van der Waals surface area contributed by atoms with E-state index >= 15 is 0 Å². The van der Waals surface area contributed by atoms with Gasteiger partial charge >= 0.3 is 5.97 Å². The van der Waals surface area contributed by atoms with Gasteiger partial charge in [-0.25, -0.2) is 0 Å². The van der Waals surface area contributed by atoms with Crippen molar-refractivity contribution in [2.75, 3.05) is 13.7 Å². The third kappa shape index (κ3) is 3.12. The lowest BCUT2D eigenvalue weighted by molar-refractivity contribution is -0.156. The fourth-order valence-electron chi connectivity index (χ4n) is 5.21. The molecule has 3 aromatic rings. The molecule has 2 aliphatic heterocycles. The lowest BCUT2D eigenvalue weighted by Crippen LogP contribution is -2.40. The summed E-state index contributed by atoms with van der Waals surface area (Å²) >= 11 is 0.